The van der Waals surface area contributed by atoms with E-state index in [4.69, 9.17) is 0 Å². The van der Waals surface area contributed by atoms with Crippen LogP contribution in [0.25, 0.3) is 0 Å². The van der Waals surface area contributed by atoms with Crippen LogP contribution in [-0.2, 0) is 26.2 Å². The third kappa shape index (κ3) is 3.23. The SMILES string of the molecule is CCn1cc(CNCc2cn(CC)nc2C)c(C)n1. The summed E-state index contributed by atoms with van der Waals surface area (Å²) in [5.74, 6) is 0. The van der Waals surface area contributed by atoms with Crippen LogP contribution in [-0.4, -0.2) is 19.6 Å². The summed E-state index contributed by atoms with van der Waals surface area (Å²) in [6, 6.07) is 0. The molecule has 0 aromatic carbocycles. The van der Waals surface area contributed by atoms with E-state index >= 15 is 0 Å². The first-order valence-electron chi connectivity index (χ1n) is 6.90. The minimum atomic E-state index is 0.850. The minimum absolute atomic E-state index is 0.850. The molecule has 0 saturated heterocycles. The fourth-order valence-electron chi connectivity index (χ4n) is 2.12. The second-order valence-corrected chi connectivity index (χ2v) is 4.79. The number of hydrogen-bond donors (Lipinski definition) is 1. The van der Waals surface area contributed by atoms with Crippen molar-refractivity contribution in [3.8, 4) is 0 Å². The molecule has 5 nitrogen and oxygen atoms in total. The molecule has 0 amide bonds. The number of nitrogens with zero attached hydrogens (tertiary/aromatic N) is 4. The molecule has 0 unspecified atom stereocenters. The van der Waals surface area contributed by atoms with E-state index in [0.29, 0.717) is 0 Å². The van der Waals surface area contributed by atoms with Crippen LogP contribution in [0.15, 0.2) is 12.4 Å². The highest BCUT2D eigenvalue weighted by molar-refractivity contribution is 5.17. The topological polar surface area (TPSA) is 47.7 Å². The smallest absolute Gasteiger partial charge is 0.0638 e. The molecule has 0 atom stereocenters. The van der Waals surface area contributed by atoms with Crippen molar-refractivity contribution in [2.75, 3.05) is 0 Å². The van der Waals surface area contributed by atoms with Crippen molar-refractivity contribution >= 4 is 0 Å². The number of nitrogens with one attached hydrogen (secondary N) is 1. The third-order valence-electron chi connectivity index (χ3n) is 3.37. The highest BCUT2D eigenvalue weighted by Gasteiger charge is 2.06. The lowest BCUT2D eigenvalue weighted by Gasteiger charge is -2.02. The molecule has 5 heteroatoms. The molecule has 2 rings (SSSR count). The molecule has 19 heavy (non-hydrogen) atoms. The summed E-state index contributed by atoms with van der Waals surface area (Å²) in [7, 11) is 0. The van der Waals surface area contributed by atoms with Crippen molar-refractivity contribution in [2.24, 2.45) is 0 Å². The van der Waals surface area contributed by atoms with E-state index in [2.05, 4.69) is 55.6 Å². The van der Waals surface area contributed by atoms with E-state index in [1.54, 1.807) is 0 Å². The Morgan fingerprint density at radius 1 is 0.895 bits per heavy atom. The predicted molar refractivity (Wildman–Crippen MR) is 75.8 cm³/mol. The van der Waals surface area contributed by atoms with Crippen molar-refractivity contribution in [3.63, 3.8) is 0 Å². The summed E-state index contributed by atoms with van der Waals surface area (Å²) < 4.78 is 3.96. The fraction of sp³-hybridized carbons (Fsp3) is 0.571. The van der Waals surface area contributed by atoms with E-state index < -0.39 is 0 Å². The van der Waals surface area contributed by atoms with Gasteiger partial charge in [-0.05, 0) is 27.7 Å². The lowest BCUT2D eigenvalue weighted by molar-refractivity contribution is 0.650. The zero-order valence-electron chi connectivity index (χ0n) is 12.3. The number of aromatic nitrogens is 4. The van der Waals surface area contributed by atoms with Gasteiger partial charge in [-0.1, -0.05) is 0 Å². The molecule has 0 bridgehead atoms. The Morgan fingerprint density at radius 3 is 1.63 bits per heavy atom. The van der Waals surface area contributed by atoms with Crippen molar-refractivity contribution in [2.45, 2.75) is 53.9 Å². The summed E-state index contributed by atoms with van der Waals surface area (Å²) in [6.45, 7) is 11.9. The molecule has 0 aliphatic carbocycles. The average Bonchev–Trinajstić information content (AvgIpc) is 2.94. The monoisotopic (exact) mass is 261 g/mol. The van der Waals surface area contributed by atoms with Gasteiger partial charge in [0.15, 0.2) is 0 Å². The van der Waals surface area contributed by atoms with Gasteiger partial charge in [-0.2, -0.15) is 10.2 Å². The Morgan fingerprint density at radius 2 is 1.32 bits per heavy atom. The van der Waals surface area contributed by atoms with Crippen LogP contribution in [0, 0.1) is 13.8 Å². The van der Waals surface area contributed by atoms with Crippen LogP contribution in [0.2, 0.25) is 0 Å². The van der Waals surface area contributed by atoms with Crippen LogP contribution in [0.1, 0.15) is 36.4 Å². The zero-order valence-corrected chi connectivity index (χ0v) is 12.3. The molecule has 0 fully saturated rings. The van der Waals surface area contributed by atoms with Gasteiger partial charge in [0.2, 0.25) is 0 Å². The Bertz CT molecular complexity index is 490. The highest BCUT2D eigenvalue weighted by Crippen LogP contribution is 2.08. The summed E-state index contributed by atoms with van der Waals surface area (Å²) in [6.07, 6.45) is 4.23. The predicted octanol–water partition coefficient (Wildman–Crippen LogP) is 2.03. The van der Waals surface area contributed by atoms with Crippen molar-refractivity contribution in [1.29, 1.82) is 0 Å². The van der Waals surface area contributed by atoms with E-state index in [1.807, 2.05) is 9.36 Å². The second kappa shape index (κ2) is 6.02. The van der Waals surface area contributed by atoms with Crippen LogP contribution in [0.5, 0.6) is 0 Å². The molecule has 1 N–H and O–H groups in total. The van der Waals surface area contributed by atoms with E-state index in [9.17, 15) is 0 Å². The van der Waals surface area contributed by atoms with Gasteiger partial charge in [0.1, 0.15) is 0 Å². The zero-order chi connectivity index (χ0) is 13.8. The molecule has 0 radical (unpaired) electrons. The Balaban J connectivity index is 1.92. The van der Waals surface area contributed by atoms with E-state index in [1.165, 1.54) is 11.1 Å². The van der Waals surface area contributed by atoms with Gasteiger partial charge in [-0.3, -0.25) is 9.36 Å². The molecule has 2 aromatic heterocycles. The Kier molecular flexibility index (Phi) is 4.37. The van der Waals surface area contributed by atoms with Crippen LogP contribution in [0.3, 0.4) is 0 Å². The standard InChI is InChI=1S/C14H23N5/c1-5-18-9-13(11(3)16-18)7-15-8-14-10-19(6-2)17-12(14)4/h9-10,15H,5-8H2,1-4H3. The van der Waals surface area contributed by atoms with Crippen LogP contribution >= 0.6 is 0 Å². The number of aryl methyl sites for hydroxylation is 4. The lowest BCUT2D eigenvalue weighted by atomic mass is 10.2. The van der Waals surface area contributed by atoms with Crippen LogP contribution < -0.4 is 5.32 Å². The normalized spacial score (nSPS) is 11.2. The first kappa shape index (κ1) is 13.8. The van der Waals surface area contributed by atoms with Gasteiger partial charge in [-0.25, -0.2) is 0 Å². The maximum atomic E-state index is 4.45. The highest BCUT2D eigenvalue weighted by atomic mass is 15.3. The van der Waals surface area contributed by atoms with Crippen molar-refractivity contribution in [1.82, 2.24) is 24.9 Å². The first-order valence-corrected chi connectivity index (χ1v) is 6.90. The second-order valence-electron chi connectivity index (χ2n) is 4.79. The summed E-state index contributed by atoms with van der Waals surface area (Å²) in [5.41, 5.74) is 4.75. The molecule has 0 aliphatic heterocycles. The van der Waals surface area contributed by atoms with Gasteiger partial charge in [0, 0.05) is 49.7 Å². The Labute approximate surface area is 114 Å². The molecule has 2 heterocycles. The maximum absolute atomic E-state index is 4.45. The van der Waals surface area contributed by atoms with E-state index in [-0.39, 0.29) is 0 Å². The van der Waals surface area contributed by atoms with Crippen LogP contribution in [0.4, 0.5) is 0 Å². The minimum Gasteiger partial charge on any atom is -0.308 e. The lowest BCUT2D eigenvalue weighted by Crippen LogP contribution is -2.13. The molecule has 104 valence electrons. The molecule has 0 saturated carbocycles. The van der Waals surface area contributed by atoms with Gasteiger partial charge in [0.05, 0.1) is 11.4 Å². The molecule has 0 spiro atoms. The first-order chi connectivity index (χ1) is 9.13. The van der Waals surface area contributed by atoms with E-state index in [0.717, 1.165) is 37.6 Å². The summed E-state index contributed by atoms with van der Waals surface area (Å²) in [5, 5.41) is 12.4. The largest absolute Gasteiger partial charge is 0.308 e. The number of rotatable bonds is 6. The number of hydrogen-bond acceptors (Lipinski definition) is 3. The third-order valence-corrected chi connectivity index (χ3v) is 3.37. The van der Waals surface area contributed by atoms with Crippen molar-refractivity contribution in [3.05, 3.63) is 34.9 Å². The average molecular weight is 261 g/mol. The fourth-order valence-corrected chi connectivity index (χ4v) is 2.12. The van der Waals surface area contributed by atoms with Gasteiger partial charge in [0.25, 0.3) is 0 Å². The van der Waals surface area contributed by atoms with Gasteiger partial charge >= 0.3 is 0 Å². The summed E-state index contributed by atoms with van der Waals surface area (Å²) >= 11 is 0. The van der Waals surface area contributed by atoms with Gasteiger partial charge < -0.3 is 5.32 Å². The maximum Gasteiger partial charge on any atom is 0.0638 e. The molecule has 0 aliphatic rings. The van der Waals surface area contributed by atoms with Crippen molar-refractivity contribution < 1.29 is 0 Å². The summed E-state index contributed by atoms with van der Waals surface area (Å²) in [4.78, 5) is 0. The molecular formula is C14H23N5. The molecule has 2 aromatic rings. The molecular weight excluding hydrogens is 238 g/mol. The Hall–Kier alpha value is -1.62. The quantitative estimate of drug-likeness (QED) is 0.865. The van der Waals surface area contributed by atoms with Gasteiger partial charge in [-0.15, -0.1) is 0 Å².